The van der Waals surface area contributed by atoms with Gasteiger partial charge in [-0.05, 0) is 24.3 Å². The summed E-state index contributed by atoms with van der Waals surface area (Å²) < 4.78 is 20.3. The molecule has 7 heteroatoms. The zero-order valence-corrected chi connectivity index (χ0v) is 13.1. The average molecular weight is 329 g/mol. The lowest BCUT2D eigenvalue weighted by atomic mass is 10.1. The molecule has 0 fully saturated rings. The van der Waals surface area contributed by atoms with Crippen LogP contribution in [-0.4, -0.2) is 33.0 Å². The van der Waals surface area contributed by atoms with Crippen molar-refractivity contribution >= 4 is 17.6 Å². The van der Waals surface area contributed by atoms with Crippen LogP contribution in [0.4, 0.5) is 5.69 Å². The molecular formula is C17H15NO6. The van der Waals surface area contributed by atoms with E-state index in [9.17, 15) is 9.59 Å². The van der Waals surface area contributed by atoms with Gasteiger partial charge in [-0.15, -0.1) is 0 Å². The highest BCUT2D eigenvalue weighted by Crippen LogP contribution is 2.37. The largest absolute Gasteiger partial charge is 0.465 e. The molecule has 2 aliphatic heterocycles. The number of anilines is 1. The highest BCUT2D eigenvalue weighted by atomic mass is 16.7. The third kappa shape index (κ3) is 2.71. The van der Waals surface area contributed by atoms with Gasteiger partial charge in [0.2, 0.25) is 6.79 Å². The van der Waals surface area contributed by atoms with Crippen molar-refractivity contribution in [1.29, 1.82) is 0 Å². The van der Waals surface area contributed by atoms with Crippen molar-refractivity contribution in [3.05, 3.63) is 53.9 Å². The second kappa shape index (κ2) is 6.49. The molecule has 0 bridgehead atoms. The number of ether oxygens (including phenoxy) is 4. The number of hydrogen-bond donors (Lipinski definition) is 0. The van der Waals surface area contributed by atoms with Crippen molar-refractivity contribution in [2.24, 2.45) is 0 Å². The Balaban J connectivity index is 2.13. The van der Waals surface area contributed by atoms with Gasteiger partial charge < -0.3 is 23.8 Å². The Labute approximate surface area is 138 Å². The maximum absolute atomic E-state index is 12.3. The molecule has 0 saturated heterocycles. The third-order valence-corrected chi connectivity index (χ3v) is 3.52. The summed E-state index contributed by atoms with van der Waals surface area (Å²) in [6.45, 7) is 0.142. The minimum atomic E-state index is -0.663. The highest BCUT2D eigenvalue weighted by Gasteiger charge is 2.28. The Morgan fingerprint density at radius 1 is 1.04 bits per heavy atom. The van der Waals surface area contributed by atoms with E-state index in [1.807, 2.05) is 0 Å². The number of fused-ring (bicyclic) bond motifs is 1. The van der Waals surface area contributed by atoms with Crippen LogP contribution in [0.15, 0.2) is 53.9 Å². The van der Waals surface area contributed by atoms with Crippen molar-refractivity contribution in [3.63, 3.8) is 0 Å². The van der Waals surface area contributed by atoms with E-state index in [1.54, 1.807) is 41.5 Å². The predicted octanol–water partition coefficient (Wildman–Crippen LogP) is 1.91. The van der Waals surface area contributed by atoms with E-state index in [0.29, 0.717) is 17.2 Å². The molecule has 0 N–H and O–H groups in total. The van der Waals surface area contributed by atoms with E-state index >= 15 is 0 Å². The standard InChI is InChI=1S/C17H15NO6/c1-21-16(19)12-5-3-4-8-18(15(12)17(20)22-2)11-6-7-13-14(9-11)24-10-23-13/h3-9H,10H2,1-2H3. The van der Waals surface area contributed by atoms with Crippen molar-refractivity contribution in [2.45, 2.75) is 0 Å². The molecular weight excluding hydrogens is 314 g/mol. The number of hydrogen-bond acceptors (Lipinski definition) is 7. The first-order valence-corrected chi connectivity index (χ1v) is 7.10. The molecule has 24 heavy (non-hydrogen) atoms. The second-order valence-electron chi connectivity index (χ2n) is 4.85. The summed E-state index contributed by atoms with van der Waals surface area (Å²) in [5, 5.41) is 0. The summed E-state index contributed by atoms with van der Waals surface area (Å²) in [6.07, 6.45) is 6.49. The van der Waals surface area contributed by atoms with Crippen LogP contribution in [0, 0.1) is 0 Å². The number of benzene rings is 1. The Kier molecular flexibility index (Phi) is 4.24. The lowest BCUT2D eigenvalue weighted by Gasteiger charge is -2.23. The zero-order chi connectivity index (χ0) is 17.1. The number of carbonyl (C=O) groups excluding carboxylic acids is 2. The van der Waals surface area contributed by atoms with E-state index in [4.69, 9.17) is 18.9 Å². The number of esters is 2. The van der Waals surface area contributed by atoms with Gasteiger partial charge in [0.05, 0.1) is 19.8 Å². The summed E-state index contributed by atoms with van der Waals surface area (Å²) in [4.78, 5) is 25.9. The van der Waals surface area contributed by atoms with Crippen LogP contribution in [0.3, 0.4) is 0 Å². The molecule has 0 unspecified atom stereocenters. The topological polar surface area (TPSA) is 74.3 Å². The van der Waals surface area contributed by atoms with Gasteiger partial charge in [-0.1, -0.05) is 6.08 Å². The molecule has 0 aliphatic carbocycles. The molecule has 7 nitrogen and oxygen atoms in total. The molecule has 0 atom stereocenters. The van der Waals surface area contributed by atoms with Crippen LogP contribution in [0.5, 0.6) is 11.5 Å². The number of methoxy groups -OCH3 is 2. The quantitative estimate of drug-likeness (QED) is 0.784. The number of rotatable bonds is 3. The fourth-order valence-electron chi connectivity index (χ4n) is 2.40. The van der Waals surface area contributed by atoms with Gasteiger partial charge >= 0.3 is 11.9 Å². The molecule has 1 aromatic rings. The molecule has 0 aromatic heterocycles. The first-order valence-electron chi connectivity index (χ1n) is 7.10. The Morgan fingerprint density at radius 3 is 2.54 bits per heavy atom. The van der Waals surface area contributed by atoms with Crippen LogP contribution >= 0.6 is 0 Å². The fourth-order valence-corrected chi connectivity index (χ4v) is 2.40. The first kappa shape index (κ1) is 15.7. The van der Waals surface area contributed by atoms with E-state index in [1.165, 1.54) is 20.3 Å². The Bertz CT molecular complexity index is 777. The molecule has 2 heterocycles. The van der Waals surface area contributed by atoms with Crippen molar-refractivity contribution in [3.8, 4) is 11.5 Å². The summed E-state index contributed by atoms with van der Waals surface area (Å²) in [5.74, 6) is -0.125. The van der Waals surface area contributed by atoms with Gasteiger partial charge in [-0.2, -0.15) is 0 Å². The highest BCUT2D eigenvalue weighted by molar-refractivity contribution is 6.05. The minimum Gasteiger partial charge on any atom is -0.465 e. The smallest absolute Gasteiger partial charge is 0.355 e. The first-order chi connectivity index (χ1) is 11.7. The van der Waals surface area contributed by atoms with Gasteiger partial charge in [0, 0.05) is 18.0 Å². The van der Waals surface area contributed by atoms with E-state index in [-0.39, 0.29) is 18.1 Å². The minimum absolute atomic E-state index is 0.0493. The van der Waals surface area contributed by atoms with Gasteiger partial charge in [-0.3, -0.25) is 0 Å². The number of carbonyl (C=O) groups is 2. The second-order valence-corrected chi connectivity index (χ2v) is 4.85. The van der Waals surface area contributed by atoms with Crippen molar-refractivity contribution in [1.82, 2.24) is 0 Å². The molecule has 124 valence electrons. The Hall–Kier alpha value is -3.22. The van der Waals surface area contributed by atoms with Crippen LogP contribution in [0.1, 0.15) is 0 Å². The van der Waals surface area contributed by atoms with Crippen LogP contribution < -0.4 is 14.4 Å². The summed E-state index contributed by atoms with van der Waals surface area (Å²) in [5.41, 5.74) is 0.751. The molecule has 3 rings (SSSR count). The summed E-state index contributed by atoms with van der Waals surface area (Å²) >= 11 is 0. The monoisotopic (exact) mass is 329 g/mol. The van der Waals surface area contributed by atoms with Gasteiger partial charge in [-0.25, -0.2) is 9.59 Å². The fraction of sp³-hybridized carbons (Fsp3) is 0.176. The molecule has 0 saturated carbocycles. The van der Waals surface area contributed by atoms with E-state index in [0.717, 1.165) is 0 Å². The SMILES string of the molecule is COC(=O)C1=C(C(=O)OC)N(c2ccc3c(c2)OCO3)C=CC=C1. The van der Waals surface area contributed by atoms with E-state index in [2.05, 4.69) is 0 Å². The van der Waals surface area contributed by atoms with Crippen LogP contribution in [0.2, 0.25) is 0 Å². The predicted molar refractivity (Wildman–Crippen MR) is 84.4 cm³/mol. The Morgan fingerprint density at radius 2 is 1.79 bits per heavy atom. The lowest BCUT2D eigenvalue weighted by Crippen LogP contribution is -2.26. The molecule has 0 amide bonds. The summed E-state index contributed by atoms with van der Waals surface area (Å²) in [7, 11) is 2.50. The van der Waals surface area contributed by atoms with Gasteiger partial charge in [0.15, 0.2) is 11.5 Å². The molecule has 0 radical (unpaired) electrons. The van der Waals surface area contributed by atoms with Gasteiger partial charge in [0.1, 0.15) is 5.70 Å². The van der Waals surface area contributed by atoms with E-state index < -0.39 is 11.9 Å². The van der Waals surface area contributed by atoms with Crippen LogP contribution in [0.25, 0.3) is 0 Å². The van der Waals surface area contributed by atoms with Crippen molar-refractivity contribution < 1.29 is 28.5 Å². The maximum Gasteiger partial charge on any atom is 0.355 e. The maximum atomic E-state index is 12.3. The lowest BCUT2D eigenvalue weighted by molar-refractivity contribution is -0.139. The van der Waals surface area contributed by atoms with Crippen molar-refractivity contribution in [2.75, 3.05) is 25.9 Å². The normalized spacial score (nSPS) is 15.3. The number of nitrogens with zero attached hydrogens (tertiary/aromatic N) is 1. The van der Waals surface area contributed by atoms with Gasteiger partial charge in [0.25, 0.3) is 0 Å². The third-order valence-electron chi connectivity index (χ3n) is 3.52. The molecule has 2 aliphatic rings. The molecule has 1 aromatic carbocycles. The summed E-state index contributed by atoms with van der Waals surface area (Å²) in [6, 6.07) is 5.20. The molecule has 0 spiro atoms. The average Bonchev–Trinajstić information content (AvgIpc) is 2.97. The van der Waals surface area contributed by atoms with Crippen LogP contribution in [-0.2, 0) is 19.1 Å². The number of allylic oxidation sites excluding steroid dienone is 2. The zero-order valence-electron chi connectivity index (χ0n) is 13.1.